The van der Waals surface area contributed by atoms with E-state index in [0.29, 0.717) is 17.7 Å². The summed E-state index contributed by atoms with van der Waals surface area (Å²) in [6.45, 7) is 3.92. The van der Waals surface area contributed by atoms with E-state index in [-0.39, 0.29) is 16.9 Å². The van der Waals surface area contributed by atoms with Crippen molar-refractivity contribution in [2.24, 2.45) is 14.1 Å². The second kappa shape index (κ2) is 7.19. The lowest BCUT2D eigenvalue weighted by atomic mass is 10.1. The second-order valence-corrected chi connectivity index (χ2v) is 6.64. The van der Waals surface area contributed by atoms with Gasteiger partial charge in [-0.1, -0.05) is 31.0 Å². The zero-order valence-electron chi connectivity index (χ0n) is 15.9. The van der Waals surface area contributed by atoms with E-state index < -0.39 is 11.2 Å². The fourth-order valence-electron chi connectivity index (χ4n) is 3.14. The van der Waals surface area contributed by atoms with Crippen LogP contribution in [-0.4, -0.2) is 20.0 Å². The average molecular weight is 366 g/mol. The summed E-state index contributed by atoms with van der Waals surface area (Å²) in [6, 6.07) is 7.22. The molecule has 3 aromatic rings. The normalized spacial score (nSPS) is 11.0. The smallest absolute Gasteiger partial charge is 0.321 e. The number of benzene rings is 1. The minimum absolute atomic E-state index is 0.242. The highest BCUT2D eigenvalue weighted by molar-refractivity contribution is 6.09. The number of aryl methyl sites for hydroxylation is 3. The van der Waals surface area contributed by atoms with Gasteiger partial charge in [0.1, 0.15) is 5.39 Å². The van der Waals surface area contributed by atoms with Gasteiger partial charge in [-0.25, -0.2) is 9.78 Å². The van der Waals surface area contributed by atoms with Gasteiger partial charge in [0, 0.05) is 25.9 Å². The molecule has 0 fully saturated rings. The number of nitrogens with zero attached hydrogens (tertiary/aromatic N) is 3. The van der Waals surface area contributed by atoms with Gasteiger partial charge in [-0.05, 0) is 31.0 Å². The third-order valence-corrected chi connectivity index (χ3v) is 4.59. The zero-order valence-corrected chi connectivity index (χ0v) is 15.9. The monoisotopic (exact) mass is 366 g/mol. The number of hydrogen-bond acceptors (Lipinski definition) is 4. The summed E-state index contributed by atoms with van der Waals surface area (Å²) in [4.78, 5) is 42.1. The third kappa shape index (κ3) is 3.28. The van der Waals surface area contributed by atoms with Crippen LogP contribution in [-0.2, 0) is 20.5 Å². The molecule has 0 radical (unpaired) electrons. The van der Waals surface area contributed by atoms with Gasteiger partial charge >= 0.3 is 5.69 Å². The van der Waals surface area contributed by atoms with Crippen molar-refractivity contribution >= 4 is 22.6 Å². The molecule has 7 nitrogen and oxygen atoms in total. The number of nitrogens with one attached hydrogen (secondary N) is 1. The van der Waals surface area contributed by atoms with Gasteiger partial charge in [0.25, 0.3) is 11.5 Å². The van der Waals surface area contributed by atoms with Crippen LogP contribution in [0.3, 0.4) is 0 Å². The Bertz CT molecular complexity index is 1160. The Labute approximate surface area is 156 Å². The Morgan fingerprint density at radius 3 is 2.59 bits per heavy atom. The Hall–Kier alpha value is -3.22. The van der Waals surface area contributed by atoms with Gasteiger partial charge in [0.15, 0.2) is 5.65 Å². The van der Waals surface area contributed by atoms with Crippen LogP contribution in [0.4, 0.5) is 5.69 Å². The number of carbonyl (C=O) groups excluding carboxylic acids is 1. The van der Waals surface area contributed by atoms with E-state index in [2.05, 4.69) is 10.3 Å². The maximum absolute atomic E-state index is 12.8. The molecule has 0 aliphatic carbocycles. The van der Waals surface area contributed by atoms with E-state index in [1.807, 2.05) is 26.0 Å². The predicted octanol–water partition coefficient (Wildman–Crippen LogP) is 2.15. The van der Waals surface area contributed by atoms with Crippen LogP contribution in [0.1, 0.15) is 34.8 Å². The van der Waals surface area contributed by atoms with Crippen LogP contribution in [0, 0.1) is 6.92 Å². The quantitative estimate of drug-likeness (QED) is 0.767. The maximum atomic E-state index is 12.8. The zero-order chi connectivity index (χ0) is 19.7. The second-order valence-electron chi connectivity index (χ2n) is 6.64. The lowest BCUT2D eigenvalue weighted by Gasteiger charge is -2.15. The highest BCUT2D eigenvalue weighted by Crippen LogP contribution is 2.24. The van der Waals surface area contributed by atoms with Crippen LogP contribution in [0.25, 0.3) is 11.0 Å². The summed E-state index contributed by atoms with van der Waals surface area (Å²) in [6.07, 6.45) is 3.10. The van der Waals surface area contributed by atoms with Crippen LogP contribution in [0.5, 0.6) is 0 Å². The fourth-order valence-corrected chi connectivity index (χ4v) is 3.14. The predicted molar refractivity (Wildman–Crippen MR) is 105 cm³/mol. The molecular weight excluding hydrogens is 344 g/mol. The standard InChI is InChI=1S/C20H22N4O3/c1-5-7-14-11-21-17-15(19(26)24(4)20(27)23(17)3)16(14)22-18(25)13-9-6-8-12(2)10-13/h6,8-11H,5,7H2,1-4H3,(H,21,22,25). The molecule has 0 aliphatic heterocycles. The molecule has 0 spiro atoms. The average Bonchev–Trinajstić information content (AvgIpc) is 2.65. The molecule has 3 rings (SSSR count). The molecule has 0 bridgehead atoms. The minimum Gasteiger partial charge on any atom is -0.321 e. The van der Waals surface area contributed by atoms with Crippen molar-refractivity contribution in [3.8, 4) is 0 Å². The summed E-state index contributed by atoms with van der Waals surface area (Å²) in [5.41, 5.74) is 1.98. The molecule has 0 aliphatic rings. The van der Waals surface area contributed by atoms with Crippen molar-refractivity contribution in [1.82, 2.24) is 14.1 Å². The topological polar surface area (TPSA) is 86.0 Å². The van der Waals surface area contributed by atoms with Gasteiger partial charge in [-0.2, -0.15) is 0 Å². The van der Waals surface area contributed by atoms with Crippen molar-refractivity contribution in [3.05, 3.63) is 68.0 Å². The molecule has 2 aromatic heterocycles. The molecule has 27 heavy (non-hydrogen) atoms. The van der Waals surface area contributed by atoms with E-state index in [0.717, 1.165) is 22.1 Å². The summed E-state index contributed by atoms with van der Waals surface area (Å²) < 4.78 is 2.34. The van der Waals surface area contributed by atoms with Gasteiger partial charge in [0.05, 0.1) is 5.69 Å². The van der Waals surface area contributed by atoms with Crippen LogP contribution in [0.15, 0.2) is 40.1 Å². The molecule has 0 saturated carbocycles. The lowest BCUT2D eigenvalue weighted by molar-refractivity contribution is 0.102. The number of fused-ring (bicyclic) bond motifs is 1. The first-order valence-electron chi connectivity index (χ1n) is 8.80. The maximum Gasteiger partial charge on any atom is 0.332 e. The number of rotatable bonds is 4. The largest absolute Gasteiger partial charge is 0.332 e. The van der Waals surface area contributed by atoms with Gasteiger partial charge in [-0.3, -0.25) is 18.7 Å². The first-order chi connectivity index (χ1) is 12.8. The van der Waals surface area contributed by atoms with Crippen molar-refractivity contribution in [2.45, 2.75) is 26.7 Å². The summed E-state index contributed by atoms with van der Waals surface area (Å²) in [5, 5.41) is 3.13. The SMILES string of the molecule is CCCc1cnc2c(c1NC(=O)c1cccc(C)c1)c(=O)n(C)c(=O)n2C. The number of anilines is 1. The van der Waals surface area contributed by atoms with Gasteiger partial charge < -0.3 is 5.32 Å². The summed E-state index contributed by atoms with van der Waals surface area (Å²) in [7, 11) is 2.98. The molecule has 1 N–H and O–H groups in total. The van der Waals surface area contributed by atoms with Gasteiger partial charge in [-0.15, -0.1) is 0 Å². The third-order valence-electron chi connectivity index (χ3n) is 4.59. The number of pyridine rings is 1. The van der Waals surface area contributed by atoms with Crippen molar-refractivity contribution in [2.75, 3.05) is 5.32 Å². The van der Waals surface area contributed by atoms with Crippen LogP contribution in [0.2, 0.25) is 0 Å². The fraction of sp³-hybridized carbons (Fsp3) is 0.300. The van der Waals surface area contributed by atoms with Crippen LogP contribution >= 0.6 is 0 Å². The number of carbonyl (C=O) groups is 1. The molecule has 0 unspecified atom stereocenters. The number of amides is 1. The summed E-state index contributed by atoms with van der Waals surface area (Å²) >= 11 is 0. The molecule has 1 aromatic carbocycles. The van der Waals surface area contributed by atoms with Crippen molar-refractivity contribution < 1.29 is 4.79 Å². The van der Waals surface area contributed by atoms with E-state index in [9.17, 15) is 14.4 Å². The van der Waals surface area contributed by atoms with Crippen LogP contribution < -0.4 is 16.6 Å². The molecule has 140 valence electrons. The first-order valence-corrected chi connectivity index (χ1v) is 8.80. The minimum atomic E-state index is -0.474. The highest BCUT2D eigenvalue weighted by Gasteiger charge is 2.19. The first kappa shape index (κ1) is 18.6. The van der Waals surface area contributed by atoms with Crippen molar-refractivity contribution in [3.63, 3.8) is 0 Å². The summed E-state index contributed by atoms with van der Waals surface area (Å²) in [5.74, 6) is -0.306. The van der Waals surface area contributed by atoms with E-state index >= 15 is 0 Å². The Morgan fingerprint density at radius 2 is 1.93 bits per heavy atom. The Kier molecular flexibility index (Phi) is 4.94. The van der Waals surface area contributed by atoms with E-state index in [1.165, 1.54) is 11.6 Å². The molecule has 1 amide bonds. The molecule has 2 heterocycles. The lowest BCUT2D eigenvalue weighted by Crippen LogP contribution is -2.38. The molecule has 0 atom stereocenters. The Balaban J connectivity index is 2.26. The Morgan fingerprint density at radius 1 is 1.19 bits per heavy atom. The highest BCUT2D eigenvalue weighted by atomic mass is 16.2. The van der Waals surface area contributed by atoms with Gasteiger partial charge in [0.2, 0.25) is 0 Å². The van der Waals surface area contributed by atoms with E-state index in [1.54, 1.807) is 25.4 Å². The number of hydrogen-bond donors (Lipinski definition) is 1. The van der Waals surface area contributed by atoms with E-state index in [4.69, 9.17) is 0 Å². The molecule has 7 heteroatoms. The molecule has 0 saturated heterocycles. The van der Waals surface area contributed by atoms with Crippen molar-refractivity contribution in [1.29, 1.82) is 0 Å². The number of aromatic nitrogens is 3. The molecular formula is C20H22N4O3.